The zero-order valence-electron chi connectivity index (χ0n) is 19.8. The number of carbonyl (C=O) groups excluding carboxylic acids is 1. The number of aryl methyl sites for hydroxylation is 1. The van der Waals surface area contributed by atoms with Crippen molar-refractivity contribution in [1.82, 2.24) is 5.32 Å². The van der Waals surface area contributed by atoms with Crippen LogP contribution in [0.1, 0.15) is 26.0 Å². The molecule has 0 unspecified atom stereocenters. The molecule has 1 aliphatic rings. The van der Waals surface area contributed by atoms with E-state index in [-0.39, 0.29) is 18.0 Å². The van der Waals surface area contributed by atoms with Crippen molar-refractivity contribution in [2.45, 2.75) is 33.2 Å². The van der Waals surface area contributed by atoms with Gasteiger partial charge in [-0.3, -0.25) is 9.59 Å². The third kappa shape index (κ3) is 5.24. The first-order valence-corrected chi connectivity index (χ1v) is 11.4. The monoisotopic (exact) mass is 481 g/mol. The molecule has 2 aromatic carbocycles. The molecule has 9 nitrogen and oxygen atoms in total. The summed E-state index contributed by atoms with van der Waals surface area (Å²) >= 11 is 0. The number of ether oxygens (including phenoxy) is 3. The Balaban J connectivity index is 1.56. The maximum absolute atomic E-state index is 13.3. The van der Waals surface area contributed by atoms with E-state index in [4.69, 9.17) is 18.6 Å². The smallest absolute Gasteiger partial charge is 0.326 e. The van der Waals surface area contributed by atoms with Crippen LogP contribution < -0.4 is 25.0 Å². The van der Waals surface area contributed by atoms with Crippen LogP contribution in [0.2, 0.25) is 0 Å². The molecule has 35 heavy (non-hydrogen) atoms. The van der Waals surface area contributed by atoms with Gasteiger partial charge in [0.1, 0.15) is 23.1 Å². The first-order valence-electron chi connectivity index (χ1n) is 11.4. The summed E-state index contributed by atoms with van der Waals surface area (Å²) in [7, 11) is 0. The molecule has 0 radical (unpaired) electrons. The average molecular weight is 482 g/mol. The molecular formula is C26H27NO8. The Bertz CT molecular complexity index is 1330. The third-order valence-corrected chi connectivity index (χ3v) is 5.70. The summed E-state index contributed by atoms with van der Waals surface area (Å²) in [6.45, 7) is 5.85. The number of carboxylic acids is 1. The molecular weight excluding hydrogens is 454 g/mol. The van der Waals surface area contributed by atoms with Crippen molar-refractivity contribution >= 4 is 22.8 Å². The third-order valence-electron chi connectivity index (χ3n) is 5.70. The Kier molecular flexibility index (Phi) is 6.95. The lowest BCUT2D eigenvalue weighted by molar-refractivity contribution is -0.143. The average Bonchev–Trinajstić information content (AvgIpc) is 3.05. The minimum atomic E-state index is -1.11. The molecule has 0 bridgehead atoms. The Morgan fingerprint density at radius 3 is 2.54 bits per heavy atom. The predicted molar refractivity (Wildman–Crippen MR) is 128 cm³/mol. The van der Waals surface area contributed by atoms with Gasteiger partial charge in [-0.15, -0.1) is 0 Å². The normalized spacial score (nSPS) is 13.8. The summed E-state index contributed by atoms with van der Waals surface area (Å²) in [4.78, 5) is 36.7. The van der Waals surface area contributed by atoms with Crippen molar-refractivity contribution < 1.29 is 33.3 Å². The predicted octanol–water partition coefficient (Wildman–Crippen LogP) is 3.53. The number of benzene rings is 2. The van der Waals surface area contributed by atoms with Gasteiger partial charge in [0.15, 0.2) is 18.1 Å². The van der Waals surface area contributed by atoms with Gasteiger partial charge in [0, 0.05) is 12.5 Å². The topological polar surface area (TPSA) is 124 Å². The molecule has 1 aromatic heterocycles. The molecule has 0 fully saturated rings. The molecule has 3 aromatic rings. The molecule has 0 saturated heterocycles. The largest absolute Gasteiger partial charge is 0.490 e. The molecule has 1 atom stereocenters. The van der Waals surface area contributed by atoms with Crippen molar-refractivity contribution in [3.8, 4) is 28.4 Å². The summed E-state index contributed by atoms with van der Waals surface area (Å²) in [6.07, 6.45) is 0.783. The van der Waals surface area contributed by atoms with Crippen LogP contribution in [0.3, 0.4) is 0 Å². The number of aliphatic carboxylic acids is 1. The van der Waals surface area contributed by atoms with E-state index >= 15 is 0 Å². The SMILES string of the molecule is Cc1oc2cc(OCC(=O)N[C@H](C(=O)O)C(C)C)ccc2c(=O)c1-c1ccc2c(c1)OCCCO2. The van der Waals surface area contributed by atoms with E-state index in [1.807, 2.05) is 0 Å². The highest BCUT2D eigenvalue weighted by Crippen LogP contribution is 2.35. The fourth-order valence-electron chi connectivity index (χ4n) is 3.91. The number of rotatable bonds is 7. The van der Waals surface area contributed by atoms with E-state index in [0.29, 0.717) is 58.3 Å². The summed E-state index contributed by atoms with van der Waals surface area (Å²) in [5, 5.41) is 12.0. The first kappa shape index (κ1) is 24.1. The Morgan fingerprint density at radius 1 is 1.09 bits per heavy atom. The van der Waals surface area contributed by atoms with Gasteiger partial charge in [-0.1, -0.05) is 19.9 Å². The van der Waals surface area contributed by atoms with Crippen LogP contribution in [-0.4, -0.2) is 42.8 Å². The van der Waals surface area contributed by atoms with E-state index in [9.17, 15) is 19.5 Å². The number of hydrogen-bond acceptors (Lipinski definition) is 7. The van der Waals surface area contributed by atoms with E-state index < -0.39 is 17.9 Å². The number of amides is 1. The van der Waals surface area contributed by atoms with Gasteiger partial charge in [-0.05, 0) is 42.7 Å². The van der Waals surface area contributed by atoms with Gasteiger partial charge >= 0.3 is 5.97 Å². The first-order chi connectivity index (χ1) is 16.7. The zero-order valence-corrected chi connectivity index (χ0v) is 19.8. The number of nitrogens with one attached hydrogen (secondary N) is 1. The van der Waals surface area contributed by atoms with Crippen molar-refractivity contribution in [3.05, 3.63) is 52.4 Å². The van der Waals surface area contributed by atoms with Crippen LogP contribution in [0.4, 0.5) is 0 Å². The molecule has 1 amide bonds. The molecule has 2 heterocycles. The second-order valence-corrected chi connectivity index (χ2v) is 8.65. The fourth-order valence-corrected chi connectivity index (χ4v) is 3.91. The minimum absolute atomic E-state index is 0.205. The van der Waals surface area contributed by atoms with Crippen molar-refractivity contribution in [2.75, 3.05) is 19.8 Å². The second-order valence-electron chi connectivity index (χ2n) is 8.65. The number of hydrogen-bond donors (Lipinski definition) is 2. The van der Waals surface area contributed by atoms with Gasteiger partial charge in [0.25, 0.3) is 5.91 Å². The van der Waals surface area contributed by atoms with E-state index in [2.05, 4.69) is 5.32 Å². The van der Waals surface area contributed by atoms with E-state index in [1.54, 1.807) is 51.1 Å². The number of carboxylic acid groups (broad SMARTS) is 1. The Hall–Kier alpha value is -4.01. The van der Waals surface area contributed by atoms with Crippen molar-refractivity contribution in [1.29, 1.82) is 0 Å². The lowest BCUT2D eigenvalue weighted by Gasteiger charge is -2.18. The molecule has 0 aliphatic carbocycles. The molecule has 1 aliphatic heterocycles. The Morgan fingerprint density at radius 2 is 1.83 bits per heavy atom. The highest BCUT2D eigenvalue weighted by molar-refractivity contribution is 5.86. The maximum atomic E-state index is 13.3. The summed E-state index contributed by atoms with van der Waals surface area (Å²) in [5.74, 6) is 0.0195. The van der Waals surface area contributed by atoms with Crippen LogP contribution in [0.5, 0.6) is 17.2 Å². The van der Waals surface area contributed by atoms with Gasteiger partial charge in [-0.25, -0.2) is 4.79 Å². The molecule has 4 rings (SSSR count). The standard InChI is InChI=1S/C26H27NO8/c1-14(2)24(26(30)31)27-22(28)13-34-17-6-7-18-20(12-17)35-15(3)23(25(18)29)16-5-8-19-21(11-16)33-10-4-9-32-19/h5-8,11-12,14,24H,4,9-10,13H2,1-3H3,(H,27,28)(H,30,31)/t24-/m0/s1. The van der Waals surface area contributed by atoms with E-state index in [1.165, 1.54) is 6.07 Å². The number of fused-ring (bicyclic) bond motifs is 2. The lowest BCUT2D eigenvalue weighted by atomic mass is 10.0. The molecule has 9 heteroatoms. The van der Waals surface area contributed by atoms with Gasteiger partial charge < -0.3 is 29.1 Å². The van der Waals surface area contributed by atoms with Crippen LogP contribution in [0.25, 0.3) is 22.1 Å². The van der Waals surface area contributed by atoms with Crippen LogP contribution >= 0.6 is 0 Å². The van der Waals surface area contributed by atoms with Gasteiger partial charge in [-0.2, -0.15) is 0 Å². The highest BCUT2D eigenvalue weighted by atomic mass is 16.5. The molecule has 0 spiro atoms. The van der Waals surface area contributed by atoms with Crippen LogP contribution in [-0.2, 0) is 9.59 Å². The van der Waals surface area contributed by atoms with Gasteiger partial charge in [0.05, 0.1) is 24.2 Å². The second kappa shape index (κ2) is 10.1. The zero-order chi connectivity index (χ0) is 25.1. The quantitative estimate of drug-likeness (QED) is 0.525. The number of carbonyl (C=O) groups is 2. The van der Waals surface area contributed by atoms with Crippen LogP contribution in [0, 0.1) is 12.8 Å². The van der Waals surface area contributed by atoms with Gasteiger partial charge in [0.2, 0.25) is 5.43 Å². The fraction of sp³-hybridized carbons (Fsp3) is 0.346. The molecule has 2 N–H and O–H groups in total. The Labute approximate surface area is 201 Å². The molecule has 184 valence electrons. The minimum Gasteiger partial charge on any atom is -0.490 e. The summed E-state index contributed by atoms with van der Waals surface area (Å²) in [6, 6.07) is 9.04. The van der Waals surface area contributed by atoms with Crippen LogP contribution in [0.15, 0.2) is 45.6 Å². The lowest BCUT2D eigenvalue weighted by Crippen LogP contribution is -2.46. The van der Waals surface area contributed by atoms with Crippen molar-refractivity contribution in [3.63, 3.8) is 0 Å². The molecule has 0 saturated carbocycles. The maximum Gasteiger partial charge on any atom is 0.326 e. The summed E-state index contributed by atoms with van der Waals surface area (Å²) in [5.41, 5.74) is 1.20. The highest BCUT2D eigenvalue weighted by Gasteiger charge is 2.23. The van der Waals surface area contributed by atoms with Crippen molar-refractivity contribution in [2.24, 2.45) is 5.92 Å². The summed E-state index contributed by atoms with van der Waals surface area (Å²) < 4.78 is 22.9. The van der Waals surface area contributed by atoms with E-state index in [0.717, 1.165) is 6.42 Å².